The van der Waals surface area contributed by atoms with Gasteiger partial charge in [-0.2, -0.15) is 13.2 Å². The first-order valence-corrected chi connectivity index (χ1v) is 13.2. The number of nitrogens with zero attached hydrogens (tertiary/aromatic N) is 6. The molecule has 1 aromatic carbocycles. The van der Waals surface area contributed by atoms with Gasteiger partial charge in [-0.3, -0.25) is 4.90 Å². The summed E-state index contributed by atoms with van der Waals surface area (Å²) in [6.45, 7) is 5.63. The number of halogens is 3. The zero-order chi connectivity index (χ0) is 28.8. The Balaban J connectivity index is 1.21. The summed E-state index contributed by atoms with van der Waals surface area (Å²) in [6, 6.07) is 4.31. The van der Waals surface area contributed by atoms with E-state index in [4.69, 9.17) is 14.2 Å². The number of rotatable bonds is 5. The minimum atomic E-state index is -4.50. The lowest BCUT2D eigenvalue weighted by Gasteiger charge is -2.45. The lowest BCUT2D eigenvalue weighted by molar-refractivity contribution is -0.141. The number of carbonyl (C=O) groups is 1. The maximum Gasteiger partial charge on any atom is 0.416 e. The van der Waals surface area contributed by atoms with Gasteiger partial charge in [0.2, 0.25) is 0 Å². The van der Waals surface area contributed by atoms with Gasteiger partial charge in [0.15, 0.2) is 17.4 Å². The normalized spacial score (nSPS) is 21.4. The second-order valence-electron chi connectivity index (χ2n) is 10.5. The first kappa shape index (κ1) is 27.1. The number of carbonyl (C=O) groups excluding carboxylic acids is 1. The molecular formula is C27H28F3N7O4. The smallest absolute Gasteiger partial charge is 0.416 e. The summed E-state index contributed by atoms with van der Waals surface area (Å²) >= 11 is 0. The Morgan fingerprint density at radius 3 is 2.73 bits per heavy atom. The molecule has 6 rings (SSSR count). The molecule has 1 unspecified atom stereocenters. The third kappa shape index (κ3) is 5.75. The molecule has 216 valence electrons. The highest BCUT2D eigenvalue weighted by atomic mass is 19.4. The molecule has 2 saturated heterocycles. The van der Waals surface area contributed by atoms with Crippen LogP contribution in [0.5, 0.6) is 6.01 Å². The number of amides is 2. The summed E-state index contributed by atoms with van der Waals surface area (Å²) in [4.78, 5) is 34.5. The van der Waals surface area contributed by atoms with E-state index >= 15 is 0 Å². The summed E-state index contributed by atoms with van der Waals surface area (Å²) in [7, 11) is 0. The molecular weight excluding hydrogens is 543 g/mol. The Bertz CT molecular complexity index is 1440. The average molecular weight is 572 g/mol. The number of ether oxygens (including phenoxy) is 3. The van der Waals surface area contributed by atoms with E-state index in [9.17, 15) is 18.0 Å². The Hall–Kier alpha value is -4.04. The van der Waals surface area contributed by atoms with Crippen molar-refractivity contribution in [2.24, 2.45) is 0 Å². The summed E-state index contributed by atoms with van der Waals surface area (Å²) < 4.78 is 56.8. The minimum absolute atomic E-state index is 0.0960. The van der Waals surface area contributed by atoms with Gasteiger partial charge >= 0.3 is 18.2 Å². The molecule has 2 atom stereocenters. The van der Waals surface area contributed by atoms with Gasteiger partial charge in [0.25, 0.3) is 0 Å². The standard InChI is InChI=1S/C27H28F3N7O4/c1-26(2)40-15-20(41-26)14-39-24-32-10-18(11-33-24)34-25(38)37-19-7-4-8-36(13-19)21-12-31-22(35-23(21)37)16-5-3-6-17(9-16)27(28,29)30/h3,5-6,9-12,19-20H,4,7-8,13-15H2,1-2H3,(H,34,38)/t19?,20-/m1/s1. The fraction of sp³-hybridized carbons (Fsp3) is 0.444. The van der Waals surface area contributed by atoms with E-state index < -0.39 is 23.6 Å². The molecule has 11 nitrogen and oxygen atoms in total. The molecule has 2 fully saturated rings. The van der Waals surface area contributed by atoms with Crippen molar-refractivity contribution >= 4 is 23.2 Å². The van der Waals surface area contributed by atoms with Crippen molar-refractivity contribution in [3.8, 4) is 17.4 Å². The van der Waals surface area contributed by atoms with Crippen molar-refractivity contribution in [2.75, 3.05) is 41.4 Å². The lowest BCUT2D eigenvalue weighted by Crippen LogP contribution is -2.56. The molecule has 5 heterocycles. The molecule has 14 heteroatoms. The molecule has 2 aromatic heterocycles. The number of piperidine rings is 1. The van der Waals surface area contributed by atoms with Gasteiger partial charge in [-0.25, -0.2) is 24.7 Å². The topological polar surface area (TPSA) is 115 Å². The van der Waals surface area contributed by atoms with Crippen molar-refractivity contribution in [2.45, 2.75) is 50.8 Å². The molecule has 41 heavy (non-hydrogen) atoms. The molecule has 0 saturated carbocycles. The van der Waals surface area contributed by atoms with Crippen LogP contribution in [0.3, 0.4) is 0 Å². The largest absolute Gasteiger partial charge is 0.461 e. The van der Waals surface area contributed by atoms with Gasteiger partial charge in [0, 0.05) is 18.7 Å². The van der Waals surface area contributed by atoms with Crippen LogP contribution in [0, 0.1) is 0 Å². The first-order chi connectivity index (χ1) is 19.6. The predicted molar refractivity (Wildman–Crippen MR) is 142 cm³/mol. The number of alkyl halides is 3. The fourth-order valence-corrected chi connectivity index (χ4v) is 5.21. The van der Waals surface area contributed by atoms with E-state index in [0.717, 1.165) is 31.5 Å². The van der Waals surface area contributed by atoms with E-state index in [-0.39, 0.29) is 36.2 Å². The third-order valence-corrected chi connectivity index (χ3v) is 7.09. The Labute approximate surface area is 233 Å². The van der Waals surface area contributed by atoms with Crippen LogP contribution < -0.4 is 19.9 Å². The quantitative estimate of drug-likeness (QED) is 0.473. The SMILES string of the molecule is CC1(C)OC[C@@H](COc2ncc(NC(=O)N3c4nc(-c5cccc(C(F)(F)F)c5)ncc4N4CCCC3C4)cn2)O1. The van der Waals surface area contributed by atoms with Crippen molar-refractivity contribution < 1.29 is 32.2 Å². The molecule has 3 aliphatic heterocycles. The monoisotopic (exact) mass is 571 g/mol. The zero-order valence-corrected chi connectivity index (χ0v) is 22.4. The van der Waals surface area contributed by atoms with Crippen LogP contribution in [-0.2, 0) is 15.7 Å². The molecule has 0 spiro atoms. The third-order valence-electron chi connectivity index (χ3n) is 7.09. The molecule has 1 N–H and O–H groups in total. The predicted octanol–water partition coefficient (Wildman–Crippen LogP) is 4.50. The summed E-state index contributed by atoms with van der Waals surface area (Å²) in [5.41, 5.74) is 0.395. The molecule has 3 aliphatic rings. The second kappa shape index (κ2) is 10.4. The summed E-state index contributed by atoms with van der Waals surface area (Å²) in [5, 5.41) is 2.81. The van der Waals surface area contributed by atoms with Gasteiger partial charge in [-0.15, -0.1) is 0 Å². The van der Waals surface area contributed by atoms with Crippen molar-refractivity contribution in [3.63, 3.8) is 0 Å². The number of urea groups is 1. The highest BCUT2D eigenvalue weighted by molar-refractivity contribution is 6.04. The van der Waals surface area contributed by atoms with Crippen molar-refractivity contribution in [1.82, 2.24) is 19.9 Å². The fourth-order valence-electron chi connectivity index (χ4n) is 5.21. The molecule has 0 aliphatic carbocycles. The number of anilines is 3. The molecule has 0 radical (unpaired) electrons. The van der Waals surface area contributed by atoms with Crippen molar-refractivity contribution in [1.29, 1.82) is 0 Å². The maximum absolute atomic E-state index is 13.6. The number of aromatic nitrogens is 4. The maximum atomic E-state index is 13.6. The molecule has 3 aromatic rings. The van der Waals surface area contributed by atoms with Crippen LogP contribution in [0.2, 0.25) is 0 Å². The Kier molecular flexibility index (Phi) is 6.90. The van der Waals surface area contributed by atoms with Gasteiger partial charge in [0.1, 0.15) is 12.7 Å². The highest BCUT2D eigenvalue weighted by Gasteiger charge is 2.39. The Morgan fingerprint density at radius 1 is 1.20 bits per heavy atom. The van der Waals surface area contributed by atoms with Gasteiger partial charge in [-0.1, -0.05) is 12.1 Å². The van der Waals surface area contributed by atoms with E-state index in [1.54, 1.807) is 11.1 Å². The van der Waals surface area contributed by atoms with E-state index in [0.29, 0.717) is 30.3 Å². The second-order valence-corrected chi connectivity index (χ2v) is 10.5. The number of hydrogen-bond donors (Lipinski definition) is 1. The van der Waals surface area contributed by atoms with Gasteiger partial charge in [0.05, 0.1) is 48.2 Å². The van der Waals surface area contributed by atoms with Gasteiger partial charge in [-0.05, 0) is 38.8 Å². The summed E-state index contributed by atoms with van der Waals surface area (Å²) in [5.74, 6) is -0.230. The van der Waals surface area contributed by atoms with Crippen LogP contribution in [0.15, 0.2) is 42.9 Å². The molecule has 2 amide bonds. The first-order valence-electron chi connectivity index (χ1n) is 13.2. The minimum Gasteiger partial charge on any atom is -0.461 e. The number of fused-ring (bicyclic) bond motifs is 4. The average Bonchev–Trinajstić information content (AvgIpc) is 3.30. The lowest BCUT2D eigenvalue weighted by atomic mass is 10.0. The Morgan fingerprint density at radius 2 is 2.00 bits per heavy atom. The highest BCUT2D eigenvalue weighted by Crippen LogP contribution is 2.39. The summed E-state index contributed by atoms with van der Waals surface area (Å²) in [6.07, 6.45) is 1.30. The van der Waals surface area contributed by atoms with Crippen LogP contribution in [-0.4, -0.2) is 70.2 Å². The number of benzene rings is 1. The van der Waals surface area contributed by atoms with Crippen LogP contribution in [0.25, 0.3) is 11.4 Å². The van der Waals surface area contributed by atoms with E-state index in [2.05, 4.69) is 30.2 Å². The molecule has 2 bridgehead atoms. The van der Waals surface area contributed by atoms with Crippen LogP contribution >= 0.6 is 0 Å². The number of hydrogen-bond acceptors (Lipinski definition) is 9. The zero-order valence-electron chi connectivity index (χ0n) is 22.4. The van der Waals surface area contributed by atoms with E-state index in [1.807, 2.05) is 13.8 Å². The van der Waals surface area contributed by atoms with Crippen molar-refractivity contribution in [3.05, 3.63) is 48.4 Å². The van der Waals surface area contributed by atoms with Gasteiger partial charge < -0.3 is 24.4 Å². The number of nitrogens with one attached hydrogen (secondary N) is 1. The van der Waals surface area contributed by atoms with Crippen LogP contribution in [0.4, 0.5) is 35.2 Å². The van der Waals surface area contributed by atoms with Crippen LogP contribution in [0.1, 0.15) is 32.3 Å². The van der Waals surface area contributed by atoms with E-state index in [1.165, 1.54) is 24.5 Å².